The molecule has 1 aromatic heterocycles. The average molecular weight is 319 g/mol. The smallest absolute Gasteiger partial charge is 0.243 e. The Kier molecular flexibility index (Phi) is 3.82. The number of hydrogen-bond acceptors (Lipinski definition) is 3. The van der Waals surface area contributed by atoms with Crippen molar-refractivity contribution in [3.8, 4) is 0 Å². The monoisotopic (exact) mass is 319 g/mol. The maximum atomic E-state index is 12.7. The Morgan fingerprint density at radius 2 is 1.82 bits per heavy atom. The van der Waals surface area contributed by atoms with Crippen LogP contribution in [0.5, 0.6) is 0 Å². The van der Waals surface area contributed by atoms with Crippen LogP contribution in [-0.4, -0.2) is 36.0 Å². The zero-order valence-corrected chi connectivity index (χ0v) is 13.7. The molecular formula is C16H21N3O2S. The number of aromatic nitrogens is 2. The van der Waals surface area contributed by atoms with Crippen LogP contribution in [-0.2, 0) is 15.4 Å². The number of H-pyrrole nitrogens is 1. The lowest BCUT2D eigenvalue weighted by atomic mass is 9.77. The van der Waals surface area contributed by atoms with Crippen molar-refractivity contribution >= 4 is 10.0 Å². The largest absolute Gasteiger partial charge is 0.282 e. The van der Waals surface area contributed by atoms with Crippen LogP contribution >= 0.6 is 0 Å². The zero-order chi connectivity index (χ0) is 15.8. The summed E-state index contributed by atoms with van der Waals surface area (Å²) in [5, 5.41) is 7.18. The van der Waals surface area contributed by atoms with E-state index in [1.807, 2.05) is 19.2 Å². The average Bonchev–Trinajstić information content (AvgIpc) is 2.96. The van der Waals surface area contributed by atoms with Crippen LogP contribution in [0.25, 0.3) is 0 Å². The summed E-state index contributed by atoms with van der Waals surface area (Å²) < 4.78 is 26.9. The number of aromatic amines is 1. The highest BCUT2D eigenvalue weighted by Crippen LogP contribution is 2.36. The summed E-state index contributed by atoms with van der Waals surface area (Å²) in [5.74, 6) is 0. The lowest BCUT2D eigenvalue weighted by molar-refractivity contribution is 0.244. The van der Waals surface area contributed by atoms with Gasteiger partial charge in [-0.05, 0) is 37.5 Å². The van der Waals surface area contributed by atoms with Crippen LogP contribution in [0.1, 0.15) is 31.0 Å². The van der Waals surface area contributed by atoms with Crippen molar-refractivity contribution in [3.63, 3.8) is 0 Å². The molecule has 1 aliphatic heterocycles. The van der Waals surface area contributed by atoms with Gasteiger partial charge in [0.05, 0.1) is 11.1 Å². The normalized spacial score (nSPS) is 19.2. The minimum atomic E-state index is -3.38. The van der Waals surface area contributed by atoms with Crippen LogP contribution in [0.3, 0.4) is 0 Å². The first-order chi connectivity index (χ1) is 10.4. The second-order valence-electron chi connectivity index (χ2n) is 6.21. The fourth-order valence-corrected chi connectivity index (χ4v) is 4.63. The molecular weight excluding hydrogens is 298 g/mol. The van der Waals surface area contributed by atoms with Gasteiger partial charge in [-0.25, -0.2) is 8.42 Å². The summed E-state index contributed by atoms with van der Waals surface area (Å²) in [7, 11) is -3.38. The zero-order valence-electron chi connectivity index (χ0n) is 12.9. The van der Waals surface area contributed by atoms with Crippen molar-refractivity contribution in [1.82, 2.24) is 14.5 Å². The quantitative estimate of drug-likeness (QED) is 0.945. The van der Waals surface area contributed by atoms with E-state index in [0.29, 0.717) is 18.0 Å². The number of nitrogens with one attached hydrogen (secondary N) is 1. The number of aryl methyl sites for hydroxylation is 1. The van der Waals surface area contributed by atoms with E-state index < -0.39 is 10.0 Å². The molecule has 1 saturated heterocycles. The molecule has 0 aliphatic carbocycles. The van der Waals surface area contributed by atoms with Gasteiger partial charge in [0.1, 0.15) is 0 Å². The van der Waals surface area contributed by atoms with Gasteiger partial charge in [-0.15, -0.1) is 0 Å². The number of piperidine rings is 1. The summed E-state index contributed by atoms with van der Waals surface area (Å²) in [5.41, 5.74) is 2.23. The third-order valence-electron chi connectivity index (χ3n) is 4.64. The van der Waals surface area contributed by atoms with Crippen molar-refractivity contribution in [2.24, 2.45) is 0 Å². The molecule has 2 aromatic rings. The SMILES string of the molecule is Cc1cn[nH]c1C1(C)CCN(S(=O)(=O)c2ccccc2)CC1. The van der Waals surface area contributed by atoms with Crippen LogP contribution in [0.15, 0.2) is 41.4 Å². The third kappa shape index (κ3) is 2.57. The molecule has 3 rings (SSSR count). The molecule has 0 radical (unpaired) electrons. The molecule has 1 aromatic carbocycles. The van der Waals surface area contributed by atoms with E-state index in [9.17, 15) is 8.42 Å². The van der Waals surface area contributed by atoms with Gasteiger partial charge in [-0.1, -0.05) is 25.1 Å². The van der Waals surface area contributed by atoms with Crippen LogP contribution in [0.2, 0.25) is 0 Å². The highest BCUT2D eigenvalue weighted by molar-refractivity contribution is 7.89. The molecule has 6 heteroatoms. The minimum absolute atomic E-state index is 0.0384. The summed E-state index contributed by atoms with van der Waals surface area (Å²) in [4.78, 5) is 0.372. The summed E-state index contributed by atoms with van der Waals surface area (Å²) in [6, 6.07) is 8.65. The van der Waals surface area contributed by atoms with E-state index in [2.05, 4.69) is 17.1 Å². The maximum Gasteiger partial charge on any atom is 0.243 e. The maximum absolute atomic E-state index is 12.7. The molecule has 118 valence electrons. The van der Waals surface area contributed by atoms with E-state index in [-0.39, 0.29) is 5.41 Å². The topological polar surface area (TPSA) is 66.1 Å². The molecule has 22 heavy (non-hydrogen) atoms. The lowest BCUT2D eigenvalue weighted by Crippen LogP contribution is -2.44. The van der Waals surface area contributed by atoms with Gasteiger partial charge >= 0.3 is 0 Å². The standard InChI is InChI=1S/C16H21N3O2S/c1-13-12-17-18-15(13)16(2)8-10-19(11-9-16)22(20,21)14-6-4-3-5-7-14/h3-7,12H,8-11H2,1-2H3,(H,17,18). The van der Waals surface area contributed by atoms with Gasteiger partial charge in [0, 0.05) is 24.2 Å². The minimum Gasteiger partial charge on any atom is -0.282 e. The Bertz CT molecular complexity index is 745. The molecule has 1 N–H and O–H groups in total. The Morgan fingerprint density at radius 3 is 2.36 bits per heavy atom. The molecule has 2 heterocycles. The van der Waals surface area contributed by atoms with E-state index in [1.165, 1.54) is 0 Å². The predicted octanol–water partition coefficient (Wildman–Crippen LogP) is 2.46. The number of hydrogen-bond donors (Lipinski definition) is 1. The number of benzene rings is 1. The van der Waals surface area contributed by atoms with Crippen molar-refractivity contribution in [1.29, 1.82) is 0 Å². The van der Waals surface area contributed by atoms with E-state index in [1.54, 1.807) is 28.6 Å². The fourth-order valence-electron chi connectivity index (χ4n) is 3.17. The van der Waals surface area contributed by atoms with E-state index >= 15 is 0 Å². The Balaban J connectivity index is 1.79. The molecule has 5 nitrogen and oxygen atoms in total. The molecule has 0 saturated carbocycles. The number of rotatable bonds is 3. The molecule has 1 aliphatic rings. The van der Waals surface area contributed by atoms with Crippen molar-refractivity contribution in [2.45, 2.75) is 37.0 Å². The van der Waals surface area contributed by atoms with Gasteiger partial charge in [0.15, 0.2) is 0 Å². The van der Waals surface area contributed by atoms with Crippen LogP contribution in [0, 0.1) is 6.92 Å². The van der Waals surface area contributed by atoms with E-state index in [4.69, 9.17) is 0 Å². The molecule has 0 spiro atoms. The van der Waals surface area contributed by atoms with Gasteiger partial charge in [-0.2, -0.15) is 9.40 Å². The Labute approximate surface area is 131 Å². The van der Waals surface area contributed by atoms with Gasteiger partial charge in [0.25, 0.3) is 0 Å². The highest BCUT2D eigenvalue weighted by atomic mass is 32.2. The Hall–Kier alpha value is -1.66. The predicted molar refractivity (Wildman–Crippen MR) is 85.1 cm³/mol. The number of sulfonamides is 1. The second kappa shape index (κ2) is 5.52. The van der Waals surface area contributed by atoms with Crippen molar-refractivity contribution in [2.75, 3.05) is 13.1 Å². The summed E-state index contributed by atoms with van der Waals surface area (Å²) in [6.07, 6.45) is 3.41. The Morgan fingerprint density at radius 1 is 1.18 bits per heavy atom. The third-order valence-corrected chi connectivity index (χ3v) is 6.55. The van der Waals surface area contributed by atoms with Gasteiger partial charge in [0.2, 0.25) is 10.0 Å². The van der Waals surface area contributed by atoms with Crippen molar-refractivity contribution in [3.05, 3.63) is 47.8 Å². The van der Waals surface area contributed by atoms with E-state index in [0.717, 1.165) is 24.1 Å². The first-order valence-electron chi connectivity index (χ1n) is 7.49. The lowest BCUT2D eigenvalue weighted by Gasteiger charge is -2.38. The van der Waals surface area contributed by atoms with Gasteiger partial charge in [-0.3, -0.25) is 5.10 Å². The van der Waals surface area contributed by atoms with Gasteiger partial charge < -0.3 is 0 Å². The van der Waals surface area contributed by atoms with Crippen LogP contribution < -0.4 is 0 Å². The fraction of sp³-hybridized carbons (Fsp3) is 0.438. The molecule has 1 fully saturated rings. The molecule has 0 bridgehead atoms. The molecule has 0 amide bonds. The molecule has 0 atom stereocenters. The number of nitrogens with zero attached hydrogens (tertiary/aromatic N) is 2. The second-order valence-corrected chi connectivity index (χ2v) is 8.14. The van der Waals surface area contributed by atoms with Crippen LogP contribution in [0.4, 0.5) is 0 Å². The summed E-state index contributed by atoms with van der Waals surface area (Å²) in [6.45, 7) is 5.29. The summed E-state index contributed by atoms with van der Waals surface area (Å²) >= 11 is 0. The highest BCUT2D eigenvalue weighted by Gasteiger charge is 2.38. The van der Waals surface area contributed by atoms with Crippen molar-refractivity contribution < 1.29 is 8.42 Å². The molecule has 0 unspecified atom stereocenters. The first kappa shape index (κ1) is 15.2. The first-order valence-corrected chi connectivity index (χ1v) is 8.93.